The van der Waals surface area contributed by atoms with Gasteiger partial charge in [-0.25, -0.2) is 13.8 Å². The predicted octanol–water partition coefficient (Wildman–Crippen LogP) is 4.92. The quantitative estimate of drug-likeness (QED) is 0.197. The van der Waals surface area contributed by atoms with Gasteiger partial charge >= 0.3 is 0 Å². The van der Waals surface area contributed by atoms with E-state index >= 15 is 0 Å². The van der Waals surface area contributed by atoms with E-state index in [0.717, 1.165) is 21.0 Å². The molecule has 0 fully saturated rings. The molecule has 0 aliphatic rings. The molecule has 4 rings (SSSR count). The van der Waals surface area contributed by atoms with E-state index in [1.807, 2.05) is 84.9 Å². The van der Waals surface area contributed by atoms with Crippen LogP contribution in [-0.4, -0.2) is 38.5 Å². The summed E-state index contributed by atoms with van der Waals surface area (Å²) in [4.78, 5) is 12.9. The number of hydrogen-bond acceptors (Lipinski definition) is 6. The van der Waals surface area contributed by atoms with Crippen molar-refractivity contribution in [1.82, 2.24) is 9.73 Å². The number of sulfonamides is 1. The molecular formula is C31H31N3O5S. The maximum atomic E-state index is 13.5. The lowest BCUT2D eigenvalue weighted by Gasteiger charge is -2.22. The van der Waals surface area contributed by atoms with Crippen LogP contribution in [0, 0.1) is 6.92 Å². The second-order valence-corrected chi connectivity index (χ2v) is 11.0. The van der Waals surface area contributed by atoms with Gasteiger partial charge in [-0.05, 0) is 71.6 Å². The number of hydrogen-bond donors (Lipinski definition) is 1. The number of amides is 1. The Labute approximate surface area is 234 Å². The number of carbonyl (C=O) groups is 1. The monoisotopic (exact) mass is 557 g/mol. The number of rotatable bonds is 12. The van der Waals surface area contributed by atoms with Crippen molar-refractivity contribution in [3.63, 3.8) is 0 Å². The fourth-order valence-corrected chi connectivity index (χ4v) is 5.41. The second-order valence-electron chi connectivity index (χ2n) is 9.03. The third-order valence-electron chi connectivity index (χ3n) is 6.06. The van der Waals surface area contributed by atoms with Gasteiger partial charge < -0.3 is 9.47 Å². The molecule has 4 aromatic rings. The highest BCUT2D eigenvalue weighted by atomic mass is 32.2. The summed E-state index contributed by atoms with van der Waals surface area (Å²) in [6, 6.07) is 30.8. The molecule has 206 valence electrons. The number of hydrazone groups is 1. The summed E-state index contributed by atoms with van der Waals surface area (Å²) in [5, 5.41) is 4.01. The van der Waals surface area contributed by atoms with E-state index in [2.05, 4.69) is 10.5 Å². The zero-order valence-corrected chi connectivity index (χ0v) is 23.2. The summed E-state index contributed by atoms with van der Waals surface area (Å²) in [6.07, 6.45) is 1.49. The van der Waals surface area contributed by atoms with Crippen molar-refractivity contribution in [2.45, 2.75) is 25.0 Å². The average molecular weight is 558 g/mol. The number of nitrogens with one attached hydrogen (secondary N) is 1. The SMILES string of the molecule is COc1ccc(S(=O)(=O)N(CC(=O)N/N=C/c2ccc(OCc3ccccc3)cc2)Cc2ccccc2)cc1C. The lowest BCUT2D eigenvalue weighted by Crippen LogP contribution is -2.39. The van der Waals surface area contributed by atoms with Crippen molar-refractivity contribution >= 4 is 22.1 Å². The normalized spacial score (nSPS) is 11.5. The zero-order chi connectivity index (χ0) is 28.4. The molecule has 0 aliphatic carbocycles. The molecule has 1 N–H and O–H groups in total. The molecule has 0 aromatic heterocycles. The molecule has 0 atom stereocenters. The summed E-state index contributed by atoms with van der Waals surface area (Å²) >= 11 is 0. The second kappa shape index (κ2) is 13.5. The third-order valence-corrected chi connectivity index (χ3v) is 7.84. The Morgan fingerprint density at radius 2 is 1.55 bits per heavy atom. The van der Waals surface area contributed by atoms with Gasteiger partial charge in [-0.3, -0.25) is 4.79 Å². The van der Waals surface area contributed by atoms with Gasteiger partial charge in [0.05, 0.1) is 24.8 Å². The van der Waals surface area contributed by atoms with Crippen molar-refractivity contribution < 1.29 is 22.7 Å². The van der Waals surface area contributed by atoms with Crippen LogP contribution in [0.25, 0.3) is 0 Å². The van der Waals surface area contributed by atoms with Gasteiger partial charge in [0, 0.05) is 6.54 Å². The van der Waals surface area contributed by atoms with Gasteiger partial charge in [-0.15, -0.1) is 0 Å². The Balaban J connectivity index is 1.40. The fourth-order valence-electron chi connectivity index (χ4n) is 3.94. The minimum atomic E-state index is -4.00. The van der Waals surface area contributed by atoms with Crippen LogP contribution in [0.15, 0.2) is 113 Å². The molecular weight excluding hydrogens is 526 g/mol. The van der Waals surface area contributed by atoms with E-state index in [1.165, 1.54) is 25.5 Å². The van der Waals surface area contributed by atoms with E-state index < -0.39 is 22.5 Å². The van der Waals surface area contributed by atoms with Gasteiger partial charge in [-0.2, -0.15) is 9.41 Å². The number of ether oxygens (including phenoxy) is 2. The van der Waals surface area contributed by atoms with E-state index in [1.54, 1.807) is 13.0 Å². The molecule has 0 radical (unpaired) electrons. The highest BCUT2D eigenvalue weighted by Crippen LogP contribution is 2.25. The van der Waals surface area contributed by atoms with E-state index in [0.29, 0.717) is 23.7 Å². The number of nitrogens with zero attached hydrogens (tertiary/aromatic N) is 2. The van der Waals surface area contributed by atoms with Crippen molar-refractivity contribution in [3.8, 4) is 11.5 Å². The molecule has 8 nitrogen and oxygen atoms in total. The molecule has 0 bridgehead atoms. The summed E-state index contributed by atoms with van der Waals surface area (Å²) in [5.74, 6) is 0.723. The smallest absolute Gasteiger partial charge is 0.255 e. The first-order valence-corrected chi connectivity index (χ1v) is 14.1. The lowest BCUT2D eigenvalue weighted by atomic mass is 10.2. The van der Waals surface area contributed by atoms with E-state index in [4.69, 9.17) is 9.47 Å². The van der Waals surface area contributed by atoms with Gasteiger partial charge in [0.25, 0.3) is 5.91 Å². The number of aryl methyl sites for hydroxylation is 1. The Kier molecular flexibility index (Phi) is 9.66. The zero-order valence-electron chi connectivity index (χ0n) is 22.4. The fraction of sp³-hybridized carbons (Fsp3) is 0.161. The van der Waals surface area contributed by atoms with E-state index in [9.17, 15) is 13.2 Å². The Morgan fingerprint density at radius 3 is 2.17 bits per heavy atom. The standard InChI is InChI=1S/C31H31N3O5S/c1-24-19-29(17-18-30(24)38-2)40(36,37)34(21-26-9-5-3-6-10-26)22-31(35)33-32-20-25-13-15-28(16-14-25)39-23-27-11-7-4-8-12-27/h3-20H,21-23H2,1-2H3,(H,33,35)/b32-20+. The summed E-state index contributed by atoms with van der Waals surface area (Å²) in [7, 11) is -2.47. The Bertz CT molecular complexity index is 1540. The van der Waals surface area contributed by atoms with Crippen LogP contribution in [0.4, 0.5) is 0 Å². The molecule has 0 spiro atoms. The predicted molar refractivity (Wildman–Crippen MR) is 155 cm³/mol. The third kappa shape index (κ3) is 7.78. The molecule has 0 unspecified atom stereocenters. The molecule has 4 aromatic carbocycles. The largest absolute Gasteiger partial charge is 0.496 e. The van der Waals surface area contributed by atoms with Crippen LogP contribution >= 0.6 is 0 Å². The highest BCUT2D eigenvalue weighted by Gasteiger charge is 2.27. The first kappa shape index (κ1) is 28.5. The number of benzene rings is 4. The Morgan fingerprint density at radius 1 is 0.900 bits per heavy atom. The van der Waals surface area contributed by atoms with Gasteiger partial charge in [-0.1, -0.05) is 60.7 Å². The van der Waals surface area contributed by atoms with E-state index in [-0.39, 0.29) is 11.4 Å². The van der Waals surface area contributed by atoms with Crippen molar-refractivity contribution in [1.29, 1.82) is 0 Å². The molecule has 0 heterocycles. The Hall–Kier alpha value is -4.47. The molecule has 0 saturated carbocycles. The molecule has 9 heteroatoms. The van der Waals surface area contributed by atoms with Gasteiger partial charge in [0.1, 0.15) is 18.1 Å². The highest BCUT2D eigenvalue weighted by molar-refractivity contribution is 7.89. The van der Waals surface area contributed by atoms with Crippen LogP contribution in [-0.2, 0) is 28.0 Å². The summed E-state index contributed by atoms with van der Waals surface area (Å²) < 4.78 is 39.3. The molecule has 1 amide bonds. The van der Waals surface area contributed by atoms with Crippen LogP contribution < -0.4 is 14.9 Å². The number of carbonyl (C=O) groups excluding carboxylic acids is 1. The first-order chi connectivity index (χ1) is 19.3. The first-order valence-electron chi connectivity index (χ1n) is 12.6. The van der Waals surface area contributed by atoms with Crippen molar-refractivity contribution in [2.75, 3.05) is 13.7 Å². The van der Waals surface area contributed by atoms with Crippen molar-refractivity contribution in [2.24, 2.45) is 5.10 Å². The topological polar surface area (TPSA) is 97.3 Å². The minimum absolute atomic E-state index is 0.0236. The average Bonchev–Trinajstić information content (AvgIpc) is 2.97. The molecule has 0 saturated heterocycles. The summed E-state index contributed by atoms with van der Waals surface area (Å²) in [6.45, 7) is 1.84. The van der Waals surface area contributed by atoms with Crippen LogP contribution in [0.1, 0.15) is 22.3 Å². The molecule has 0 aliphatic heterocycles. The summed E-state index contributed by atoms with van der Waals surface area (Å²) in [5.41, 5.74) is 5.68. The van der Waals surface area contributed by atoms with Gasteiger partial charge in [0.2, 0.25) is 10.0 Å². The van der Waals surface area contributed by atoms with Crippen LogP contribution in [0.2, 0.25) is 0 Å². The van der Waals surface area contributed by atoms with Crippen LogP contribution in [0.3, 0.4) is 0 Å². The number of methoxy groups -OCH3 is 1. The van der Waals surface area contributed by atoms with Crippen LogP contribution in [0.5, 0.6) is 11.5 Å². The minimum Gasteiger partial charge on any atom is -0.496 e. The van der Waals surface area contributed by atoms with Gasteiger partial charge in [0.15, 0.2) is 0 Å². The molecule has 40 heavy (non-hydrogen) atoms. The lowest BCUT2D eigenvalue weighted by molar-refractivity contribution is -0.121. The maximum absolute atomic E-state index is 13.5. The van der Waals surface area contributed by atoms with Crippen molar-refractivity contribution in [3.05, 3.63) is 125 Å². The maximum Gasteiger partial charge on any atom is 0.255 e.